The van der Waals surface area contributed by atoms with Crippen molar-refractivity contribution in [2.45, 2.75) is 0 Å². The molecule has 2 aromatic carbocycles. The van der Waals surface area contributed by atoms with Crippen LogP contribution in [0.3, 0.4) is 0 Å². The van der Waals surface area contributed by atoms with Gasteiger partial charge in [0.05, 0.1) is 16.8 Å². The van der Waals surface area contributed by atoms with Crippen LogP contribution < -0.4 is 15.5 Å². The molecule has 4 N–H and O–H groups in total. The highest BCUT2D eigenvalue weighted by Crippen LogP contribution is 2.35. The number of carbonyl (C=O) groups excluding carboxylic acids is 1. The third-order valence-electron chi connectivity index (χ3n) is 6.03. The number of hydrogen-bond acceptors (Lipinski definition) is 8. The zero-order valence-electron chi connectivity index (χ0n) is 19.6. The van der Waals surface area contributed by atoms with Gasteiger partial charge in [0.15, 0.2) is 5.65 Å². The maximum Gasteiger partial charge on any atom is 0.247 e. The van der Waals surface area contributed by atoms with Gasteiger partial charge < -0.3 is 25.5 Å². The number of H-pyrrole nitrogens is 1. The normalized spacial score (nSPS) is 14.1. The van der Waals surface area contributed by atoms with Crippen LogP contribution in [0.4, 0.5) is 23.0 Å². The van der Waals surface area contributed by atoms with Gasteiger partial charge in [-0.05, 0) is 37.4 Å². The van der Waals surface area contributed by atoms with E-state index in [2.05, 4.69) is 49.2 Å². The number of phenolic OH excluding ortho intramolecular Hbond substituents is 1. The van der Waals surface area contributed by atoms with E-state index >= 15 is 0 Å². The summed E-state index contributed by atoms with van der Waals surface area (Å²) in [5.41, 5.74) is 3.64. The second-order valence-corrected chi connectivity index (χ2v) is 8.90. The average molecular weight is 505 g/mol. The number of likely N-dealkylation sites (N-methyl/N-ethyl adjacent to an activating group) is 1. The van der Waals surface area contributed by atoms with Gasteiger partial charge >= 0.3 is 0 Å². The molecule has 1 saturated heterocycles. The minimum Gasteiger partial charge on any atom is -0.506 e. The summed E-state index contributed by atoms with van der Waals surface area (Å²) in [4.78, 5) is 25.4. The predicted molar refractivity (Wildman–Crippen MR) is 142 cm³/mol. The molecular formula is C25H25ClN8O2. The number of piperazine rings is 1. The van der Waals surface area contributed by atoms with Gasteiger partial charge in [-0.1, -0.05) is 30.3 Å². The molecule has 184 valence electrons. The molecule has 36 heavy (non-hydrogen) atoms. The largest absolute Gasteiger partial charge is 0.506 e. The zero-order valence-corrected chi connectivity index (χ0v) is 20.4. The van der Waals surface area contributed by atoms with Gasteiger partial charge in [0.2, 0.25) is 11.9 Å². The van der Waals surface area contributed by atoms with Crippen LogP contribution in [0.2, 0.25) is 5.15 Å². The smallest absolute Gasteiger partial charge is 0.247 e. The fourth-order valence-electron chi connectivity index (χ4n) is 4.14. The summed E-state index contributed by atoms with van der Waals surface area (Å²) in [6.45, 7) is 7.08. The third kappa shape index (κ3) is 4.81. The first-order chi connectivity index (χ1) is 17.4. The van der Waals surface area contributed by atoms with Gasteiger partial charge in [-0.3, -0.25) is 9.89 Å². The number of amides is 1. The van der Waals surface area contributed by atoms with Gasteiger partial charge in [0.25, 0.3) is 0 Å². The van der Waals surface area contributed by atoms with E-state index in [9.17, 15) is 9.90 Å². The van der Waals surface area contributed by atoms with Crippen molar-refractivity contribution in [3.8, 4) is 17.0 Å². The molecule has 0 aliphatic carbocycles. The summed E-state index contributed by atoms with van der Waals surface area (Å²) in [6.07, 6.45) is 1.20. The number of fused-ring (bicyclic) bond motifs is 1. The van der Waals surface area contributed by atoms with Gasteiger partial charge in [0.1, 0.15) is 10.9 Å². The number of carbonyl (C=O) groups is 1. The number of phenols is 1. The Morgan fingerprint density at radius 1 is 1.14 bits per heavy atom. The van der Waals surface area contributed by atoms with Crippen molar-refractivity contribution in [2.24, 2.45) is 0 Å². The topological polar surface area (TPSA) is 122 Å². The van der Waals surface area contributed by atoms with E-state index in [-0.39, 0.29) is 17.6 Å². The van der Waals surface area contributed by atoms with Crippen molar-refractivity contribution in [3.05, 3.63) is 60.3 Å². The summed E-state index contributed by atoms with van der Waals surface area (Å²) < 4.78 is 0. The lowest BCUT2D eigenvalue weighted by Crippen LogP contribution is -2.44. The lowest BCUT2D eigenvalue weighted by molar-refractivity contribution is -0.111. The monoisotopic (exact) mass is 504 g/mol. The molecule has 0 bridgehead atoms. The molecule has 4 aromatic rings. The number of benzene rings is 2. The van der Waals surface area contributed by atoms with Crippen molar-refractivity contribution in [3.63, 3.8) is 0 Å². The molecule has 0 unspecified atom stereocenters. The van der Waals surface area contributed by atoms with E-state index in [0.29, 0.717) is 38.8 Å². The van der Waals surface area contributed by atoms with Crippen LogP contribution in [-0.2, 0) is 4.79 Å². The van der Waals surface area contributed by atoms with Crippen molar-refractivity contribution in [1.29, 1.82) is 0 Å². The Morgan fingerprint density at radius 2 is 1.94 bits per heavy atom. The number of aromatic amines is 1. The molecular weight excluding hydrogens is 480 g/mol. The maximum atomic E-state index is 11.8. The predicted octanol–water partition coefficient (Wildman–Crippen LogP) is 4.00. The molecule has 3 heterocycles. The summed E-state index contributed by atoms with van der Waals surface area (Å²) in [6, 6.07) is 12.6. The van der Waals surface area contributed by atoms with Crippen molar-refractivity contribution in [2.75, 3.05) is 48.8 Å². The fraction of sp³-hybridized carbons (Fsp3) is 0.200. The Balaban J connectivity index is 1.47. The van der Waals surface area contributed by atoms with E-state index in [1.807, 2.05) is 18.2 Å². The summed E-state index contributed by atoms with van der Waals surface area (Å²) in [7, 11) is 2.09. The standard InChI is InChI=1S/C25H25ClN8O2/c1-3-20(36)27-16-6-4-5-15(13-16)22-21-23(26)31-32-24(21)30-25(29-22)28-17-7-8-18(19(35)14-17)34-11-9-33(2)10-12-34/h3-8,13-14,35H,1,9-12H2,2H3,(H,27,36)(H2,28,29,30,31,32). The maximum absolute atomic E-state index is 11.8. The molecule has 1 amide bonds. The molecule has 0 radical (unpaired) electrons. The number of halogens is 1. The SMILES string of the molecule is C=CC(=O)Nc1cccc(-c2nc(Nc3ccc(N4CCN(C)CC4)c(O)c3)nc3n[nH]c(Cl)c23)c1. The number of anilines is 4. The lowest BCUT2D eigenvalue weighted by atomic mass is 10.1. The number of aromatic nitrogens is 4. The number of aromatic hydroxyl groups is 1. The minimum absolute atomic E-state index is 0.180. The van der Waals surface area contributed by atoms with Crippen LogP contribution in [-0.4, -0.2) is 69.3 Å². The molecule has 0 saturated carbocycles. The first kappa shape index (κ1) is 23.6. The fourth-order valence-corrected chi connectivity index (χ4v) is 4.35. The van der Waals surface area contributed by atoms with Crippen LogP contribution in [0.5, 0.6) is 5.75 Å². The zero-order chi connectivity index (χ0) is 25.2. The summed E-state index contributed by atoms with van der Waals surface area (Å²) in [5.74, 6) is 0.149. The van der Waals surface area contributed by atoms with Gasteiger partial charge in [0, 0.05) is 49.2 Å². The molecule has 1 aliphatic heterocycles. The average Bonchev–Trinajstić information content (AvgIpc) is 3.25. The van der Waals surface area contributed by atoms with E-state index in [1.54, 1.807) is 24.3 Å². The highest BCUT2D eigenvalue weighted by molar-refractivity contribution is 6.35. The molecule has 2 aromatic heterocycles. The van der Waals surface area contributed by atoms with Crippen molar-refractivity contribution in [1.82, 2.24) is 25.1 Å². The van der Waals surface area contributed by atoms with Crippen molar-refractivity contribution < 1.29 is 9.90 Å². The van der Waals surface area contributed by atoms with E-state index in [1.165, 1.54) is 6.08 Å². The van der Waals surface area contributed by atoms with E-state index in [0.717, 1.165) is 31.9 Å². The highest BCUT2D eigenvalue weighted by Gasteiger charge is 2.19. The van der Waals surface area contributed by atoms with Crippen LogP contribution in [0, 0.1) is 0 Å². The van der Waals surface area contributed by atoms with E-state index < -0.39 is 0 Å². The van der Waals surface area contributed by atoms with Crippen LogP contribution in [0.15, 0.2) is 55.1 Å². The number of hydrogen-bond donors (Lipinski definition) is 4. The highest BCUT2D eigenvalue weighted by atomic mass is 35.5. The second-order valence-electron chi connectivity index (χ2n) is 8.53. The molecule has 1 aliphatic rings. The molecule has 0 atom stereocenters. The summed E-state index contributed by atoms with van der Waals surface area (Å²) in [5, 5.41) is 24.4. The third-order valence-corrected chi connectivity index (χ3v) is 6.31. The Hall–Kier alpha value is -4.15. The molecule has 0 spiro atoms. The molecule has 10 nitrogen and oxygen atoms in total. The lowest BCUT2D eigenvalue weighted by Gasteiger charge is -2.34. The van der Waals surface area contributed by atoms with Gasteiger partial charge in [-0.25, -0.2) is 4.98 Å². The Labute approximate surface area is 212 Å². The molecule has 5 rings (SSSR count). The number of rotatable bonds is 6. The quantitative estimate of drug-likeness (QED) is 0.291. The Morgan fingerprint density at radius 3 is 2.69 bits per heavy atom. The van der Waals surface area contributed by atoms with Gasteiger partial charge in [-0.2, -0.15) is 10.1 Å². The Kier molecular flexibility index (Phi) is 6.45. The second kappa shape index (κ2) is 9.84. The molecule has 1 fully saturated rings. The number of nitrogens with one attached hydrogen (secondary N) is 3. The number of nitrogens with zero attached hydrogens (tertiary/aromatic N) is 5. The van der Waals surface area contributed by atoms with Crippen LogP contribution >= 0.6 is 11.6 Å². The van der Waals surface area contributed by atoms with Crippen molar-refractivity contribution >= 4 is 51.6 Å². The first-order valence-corrected chi connectivity index (χ1v) is 11.8. The minimum atomic E-state index is -0.316. The van der Waals surface area contributed by atoms with E-state index in [4.69, 9.17) is 16.6 Å². The molecule has 11 heteroatoms. The van der Waals surface area contributed by atoms with Gasteiger partial charge in [-0.15, -0.1) is 0 Å². The first-order valence-electron chi connectivity index (χ1n) is 11.4. The van der Waals surface area contributed by atoms with Crippen LogP contribution in [0.1, 0.15) is 0 Å². The Bertz CT molecular complexity index is 1450. The summed E-state index contributed by atoms with van der Waals surface area (Å²) >= 11 is 6.37. The van der Waals surface area contributed by atoms with Crippen LogP contribution in [0.25, 0.3) is 22.3 Å².